The first-order valence-electron chi connectivity index (χ1n) is 2.18. The summed E-state index contributed by atoms with van der Waals surface area (Å²) in [6, 6.07) is 0. The summed E-state index contributed by atoms with van der Waals surface area (Å²) in [6.45, 7) is 1.48. The van der Waals surface area contributed by atoms with Gasteiger partial charge in [-0.05, 0) is 13.2 Å². The van der Waals surface area contributed by atoms with Crippen LogP contribution >= 0.6 is 11.8 Å². The van der Waals surface area contributed by atoms with Gasteiger partial charge in [0.25, 0.3) is 0 Å². The van der Waals surface area contributed by atoms with E-state index in [0.29, 0.717) is 5.03 Å². The summed E-state index contributed by atoms with van der Waals surface area (Å²) < 4.78 is 0. The molecule has 0 fully saturated rings. The molecule has 2 nitrogen and oxygen atoms in total. The van der Waals surface area contributed by atoms with Crippen LogP contribution in [-0.2, 0) is 4.79 Å². The molecule has 0 amide bonds. The van der Waals surface area contributed by atoms with Crippen LogP contribution in [0, 0.1) is 0 Å². The van der Waals surface area contributed by atoms with E-state index >= 15 is 0 Å². The van der Waals surface area contributed by atoms with Gasteiger partial charge in [0.15, 0.2) is 5.78 Å². The Morgan fingerprint density at radius 3 is 2.38 bits per heavy atom. The van der Waals surface area contributed by atoms with Crippen LogP contribution in [0.25, 0.3) is 0 Å². The van der Waals surface area contributed by atoms with Gasteiger partial charge < -0.3 is 5.73 Å². The fourth-order valence-corrected chi connectivity index (χ4v) is 0.543. The highest BCUT2D eigenvalue weighted by molar-refractivity contribution is 8.02. The maximum atomic E-state index is 10.2. The third-order valence-electron chi connectivity index (χ3n) is 0.581. The largest absolute Gasteiger partial charge is 0.393 e. The molecule has 0 spiro atoms. The van der Waals surface area contributed by atoms with Crippen LogP contribution in [0.2, 0.25) is 0 Å². The summed E-state index contributed by atoms with van der Waals surface area (Å²) in [5.41, 5.74) is 5.28. The van der Waals surface area contributed by atoms with E-state index in [1.165, 1.54) is 24.8 Å². The van der Waals surface area contributed by atoms with Crippen molar-refractivity contribution in [1.29, 1.82) is 0 Å². The molecule has 46 valence electrons. The number of carbonyl (C=O) groups is 1. The van der Waals surface area contributed by atoms with E-state index in [-0.39, 0.29) is 5.78 Å². The number of allylic oxidation sites excluding steroid dienone is 1. The summed E-state index contributed by atoms with van der Waals surface area (Å²) in [7, 11) is 0. The minimum absolute atomic E-state index is 0.00292. The lowest BCUT2D eigenvalue weighted by Gasteiger charge is -1.88. The highest BCUT2D eigenvalue weighted by atomic mass is 32.2. The van der Waals surface area contributed by atoms with Crippen LogP contribution in [0.5, 0.6) is 0 Å². The van der Waals surface area contributed by atoms with Crippen LogP contribution in [0.15, 0.2) is 11.1 Å². The standard InChI is InChI=1S/C5H9NOS/c1-4(7)3-5(6)8-2/h3H,6H2,1-2H3. The predicted molar refractivity (Wildman–Crippen MR) is 36.5 cm³/mol. The minimum Gasteiger partial charge on any atom is -0.393 e. The first-order chi connectivity index (χ1) is 3.66. The van der Waals surface area contributed by atoms with Crippen molar-refractivity contribution in [3.8, 4) is 0 Å². The molecule has 2 N–H and O–H groups in total. The molecule has 3 heteroatoms. The normalized spacial score (nSPS) is 11.5. The Kier molecular flexibility index (Phi) is 3.35. The molecule has 0 aromatic rings. The second-order valence-corrected chi connectivity index (χ2v) is 2.24. The van der Waals surface area contributed by atoms with Gasteiger partial charge in [0.05, 0.1) is 5.03 Å². The second-order valence-electron chi connectivity index (χ2n) is 1.36. The topological polar surface area (TPSA) is 43.1 Å². The minimum atomic E-state index is -0.00292. The van der Waals surface area contributed by atoms with Gasteiger partial charge in [-0.3, -0.25) is 4.79 Å². The zero-order chi connectivity index (χ0) is 6.57. The SMILES string of the molecule is CSC(N)=CC(C)=O. The summed E-state index contributed by atoms with van der Waals surface area (Å²) in [6.07, 6.45) is 3.24. The van der Waals surface area contributed by atoms with Gasteiger partial charge in [-0.15, -0.1) is 11.8 Å². The summed E-state index contributed by atoms with van der Waals surface area (Å²) >= 11 is 1.37. The molecule has 0 unspecified atom stereocenters. The molecule has 0 aromatic carbocycles. The van der Waals surface area contributed by atoms with E-state index in [1.807, 2.05) is 6.26 Å². The van der Waals surface area contributed by atoms with Gasteiger partial charge in [0.2, 0.25) is 0 Å². The number of ketones is 1. The van der Waals surface area contributed by atoms with Gasteiger partial charge in [0.1, 0.15) is 0 Å². The lowest BCUT2D eigenvalue weighted by molar-refractivity contribution is -0.112. The van der Waals surface area contributed by atoms with E-state index < -0.39 is 0 Å². The van der Waals surface area contributed by atoms with Crippen molar-refractivity contribution in [2.24, 2.45) is 5.73 Å². The van der Waals surface area contributed by atoms with Crippen LogP contribution in [0.4, 0.5) is 0 Å². The summed E-state index contributed by atoms with van der Waals surface area (Å²) in [4.78, 5) is 10.2. The fourth-order valence-electron chi connectivity index (χ4n) is 0.259. The van der Waals surface area contributed by atoms with Crippen molar-refractivity contribution in [2.75, 3.05) is 6.26 Å². The van der Waals surface area contributed by atoms with Crippen LogP contribution in [-0.4, -0.2) is 12.0 Å². The number of hydrogen-bond acceptors (Lipinski definition) is 3. The van der Waals surface area contributed by atoms with Crippen LogP contribution in [0.1, 0.15) is 6.92 Å². The summed E-state index contributed by atoms with van der Waals surface area (Å²) in [5.74, 6) is -0.00292. The number of thioether (sulfide) groups is 1. The van der Waals surface area contributed by atoms with Crippen LogP contribution < -0.4 is 5.73 Å². The quantitative estimate of drug-likeness (QED) is 0.562. The highest BCUT2D eigenvalue weighted by Crippen LogP contribution is 2.01. The highest BCUT2D eigenvalue weighted by Gasteiger charge is 1.86. The molecular formula is C5H9NOS. The van der Waals surface area contributed by atoms with Crippen molar-refractivity contribution in [3.05, 3.63) is 11.1 Å². The van der Waals surface area contributed by atoms with Gasteiger partial charge in [-0.1, -0.05) is 0 Å². The predicted octanol–water partition coefficient (Wildman–Crippen LogP) is 0.739. The third kappa shape index (κ3) is 3.74. The third-order valence-corrected chi connectivity index (χ3v) is 1.17. The van der Waals surface area contributed by atoms with Crippen molar-refractivity contribution in [1.82, 2.24) is 0 Å². The Morgan fingerprint density at radius 2 is 2.25 bits per heavy atom. The molecule has 0 heterocycles. The van der Waals surface area contributed by atoms with Crippen molar-refractivity contribution in [3.63, 3.8) is 0 Å². The van der Waals surface area contributed by atoms with E-state index in [0.717, 1.165) is 0 Å². The molecule has 0 radical (unpaired) electrons. The summed E-state index contributed by atoms with van der Waals surface area (Å²) in [5, 5.41) is 0.567. The molecular weight excluding hydrogens is 122 g/mol. The zero-order valence-electron chi connectivity index (χ0n) is 4.97. The van der Waals surface area contributed by atoms with Crippen molar-refractivity contribution < 1.29 is 4.79 Å². The van der Waals surface area contributed by atoms with Crippen molar-refractivity contribution >= 4 is 17.5 Å². The molecule has 0 aliphatic heterocycles. The number of rotatable bonds is 2. The number of hydrogen-bond donors (Lipinski definition) is 1. The lowest BCUT2D eigenvalue weighted by Crippen LogP contribution is -1.94. The molecule has 0 rings (SSSR count). The average molecular weight is 131 g/mol. The first-order valence-corrected chi connectivity index (χ1v) is 3.41. The molecule has 0 atom stereocenters. The Labute approximate surface area is 53.1 Å². The Balaban J connectivity index is 3.75. The first kappa shape index (κ1) is 7.56. The second kappa shape index (κ2) is 3.55. The molecule has 0 saturated heterocycles. The van der Waals surface area contributed by atoms with E-state index in [2.05, 4.69) is 0 Å². The molecule has 0 aromatic heterocycles. The molecule has 0 aliphatic rings. The maximum Gasteiger partial charge on any atom is 0.155 e. The molecule has 0 bridgehead atoms. The lowest BCUT2D eigenvalue weighted by atomic mass is 10.4. The molecule has 0 saturated carbocycles. The zero-order valence-corrected chi connectivity index (χ0v) is 5.79. The Bertz CT molecular complexity index is 120. The van der Waals surface area contributed by atoms with Crippen LogP contribution in [0.3, 0.4) is 0 Å². The number of nitrogens with two attached hydrogens (primary N) is 1. The average Bonchev–Trinajstić information content (AvgIpc) is 1.65. The van der Waals surface area contributed by atoms with Gasteiger partial charge in [0, 0.05) is 6.08 Å². The number of carbonyl (C=O) groups excluding carboxylic acids is 1. The van der Waals surface area contributed by atoms with E-state index in [9.17, 15) is 4.79 Å². The fraction of sp³-hybridized carbons (Fsp3) is 0.400. The van der Waals surface area contributed by atoms with Gasteiger partial charge in [-0.2, -0.15) is 0 Å². The Morgan fingerprint density at radius 1 is 1.75 bits per heavy atom. The molecule has 0 aliphatic carbocycles. The smallest absolute Gasteiger partial charge is 0.155 e. The van der Waals surface area contributed by atoms with Gasteiger partial charge in [-0.25, -0.2) is 0 Å². The van der Waals surface area contributed by atoms with E-state index in [4.69, 9.17) is 5.73 Å². The Hall–Kier alpha value is -0.440. The van der Waals surface area contributed by atoms with E-state index in [1.54, 1.807) is 0 Å². The monoisotopic (exact) mass is 131 g/mol. The van der Waals surface area contributed by atoms with Gasteiger partial charge >= 0.3 is 0 Å². The van der Waals surface area contributed by atoms with Crippen molar-refractivity contribution in [2.45, 2.75) is 6.92 Å². The maximum absolute atomic E-state index is 10.2. The molecule has 8 heavy (non-hydrogen) atoms.